The fraction of sp³-hybridized carbons (Fsp3) is 0.294. The highest BCUT2D eigenvalue weighted by atomic mass is 35.5. The summed E-state index contributed by atoms with van der Waals surface area (Å²) in [6, 6.07) is 14.1. The number of aliphatic hydroxyl groups is 1. The zero-order valence-electron chi connectivity index (χ0n) is 12.5. The van der Waals surface area contributed by atoms with E-state index >= 15 is 0 Å². The van der Waals surface area contributed by atoms with E-state index in [-0.39, 0.29) is 18.2 Å². The predicted molar refractivity (Wildman–Crippen MR) is 89.6 cm³/mol. The molecule has 0 aliphatic carbocycles. The Balaban J connectivity index is 0.00000242. The first kappa shape index (κ1) is 18.3. The molecule has 2 rings (SSSR count). The predicted octanol–water partition coefficient (Wildman–Crippen LogP) is 2.82. The largest absolute Gasteiger partial charge is 0.504 e. The molecule has 22 heavy (non-hydrogen) atoms. The average molecular weight is 324 g/mol. The van der Waals surface area contributed by atoms with E-state index in [0.717, 1.165) is 11.1 Å². The molecule has 2 atom stereocenters. The van der Waals surface area contributed by atoms with E-state index in [2.05, 4.69) is 0 Å². The van der Waals surface area contributed by atoms with Gasteiger partial charge in [0.05, 0.1) is 18.8 Å². The summed E-state index contributed by atoms with van der Waals surface area (Å²) >= 11 is 0. The average Bonchev–Trinajstić information content (AvgIpc) is 2.50. The lowest BCUT2D eigenvalue weighted by atomic mass is 9.96. The van der Waals surface area contributed by atoms with Crippen LogP contribution in [0.5, 0.6) is 11.5 Å². The zero-order chi connectivity index (χ0) is 15.2. The molecule has 0 heterocycles. The van der Waals surface area contributed by atoms with Crippen LogP contribution in [0, 0.1) is 0 Å². The normalized spacial score (nSPS) is 13.0. The number of phenols is 1. The molecule has 2 aromatic rings. The molecule has 4 N–H and O–H groups in total. The molecule has 0 aromatic heterocycles. The number of rotatable bonds is 6. The number of hydrogen-bond acceptors (Lipinski definition) is 4. The number of hydrogen-bond donors (Lipinski definition) is 3. The van der Waals surface area contributed by atoms with Gasteiger partial charge in [-0.3, -0.25) is 0 Å². The van der Waals surface area contributed by atoms with Gasteiger partial charge in [-0.15, -0.1) is 12.4 Å². The fourth-order valence-corrected chi connectivity index (χ4v) is 2.21. The van der Waals surface area contributed by atoms with E-state index in [9.17, 15) is 10.2 Å². The van der Waals surface area contributed by atoms with E-state index in [0.29, 0.717) is 18.8 Å². The lowest BCUT2D eigenvalue weighted by molar-refractivity contribution is 0.145. The number of benzene rings is 2. The van der Waals surface area contributed by atoms with Crippen molar-refractivity contribution >= 4 is 12.4 Å². The molecular formula is C17H22ClNO3. The fourth-order valence-electron chi connectivity index (χ4n) is 2.21. The molecule has 120 valence electrons. The zero-order valence-corrected chi connectivity index (χ0v) is 13.3. The minimum absolute atomic E-state index is 0. The molecule has 0 radical (unpaired) electrons. The van der Waals surface area contributed by atoms with Gasteiger partial charge in [0.2, 0.25) is 0 Å². The molecule has 0 saturated heterocycles. The molecule has 0 saturated carbocycles. The molecule has 0 fully saturated rings. The third-order valence-electron chi connectivity index (χ3n) is 3.37. The first-order chi connectivity index (χ1) is 10.1. The molecule has 4 nitrogen and oxygen atoms in total. The van der Waals surface area contributed by atoms with Crippen LogP contribution in [-0.2, 0) is 6.42 Å². The first-order valence-electron chi connectivity index (χ1n) is 7.05. The number of phenolic OH excluding ortho intramolecular Hbond substituents is 1. The van der Waals surface area contributed by atoms with Crippen LogP contribution in [0.25, 0.3) is 0 Å². The maximum atomic E-state index is 10.3. The Labute approximate surface area is 137 Å². The number of ether oxygens (including phenoxy) is 1. The van der Waals surface area contributed by atoms with Crippen molar-refractivity contribution in [2.45, 2.75) is 25.5 Å². The second kappa shape index (κ2) is 8.63. The summed E-state index contributed by atoms with van der Waals surface area (Å²) in [5, 5.41) is 20.0. The second-order valence-corrected chi connectivity index (χ2v) is 4.94. The Morgan fingerprint density at radius 1 is 1.14 bits per heavy atom. The van der Waals surface area contributed by atoms with E-state index in [1.165, 1.54) is 6.07 Å². The van der Waals surface area contributed by atoms with Crippen LogP contribution in [0.2, 0.25) is 0 Å². The number of aliphatic hydroxyl groups excluding tert-OH is 1. The van der Waals surface area contributed by atoms with E-state index in [1.54, 1.807) is 12.1 Å². The highest BCUT2D eigenvalue weighted by Crippen LogP contribution is 2.30. The van der Waals surface area contributed by atoms with Gasteiger partial charge in [0.25, 0.3) is 0 Å². The monoisotopic (exact) mass is 323 g/mol. The molecule has 0 aliphatic heterocycles. The molecular weight excluding hydrogens is 302 g/mol. The van der Waals surface area contributed by atoms with Gasteiger partial charge in [-0.25, -0.2) is 0 Å². The number of halogens is 1. The maximum absolute atomic E-state index is 10.3. The number of nitrogens with two attached hydrogens (primary N) is 1. The smallest absolute Gasteiger partial charge is 0.161 e. The van der Waals surface area contributed by atoms with Crippen LogP contribution in [0.1, 0.15) is 24.1 Å². The van der Waals surface area contributed by atoms with Crippen LogP contribution in [0.3, 0.4) is 0 Å². The van der Waals surface area contributed by atoms with Crippen molar-refractivity contribution in [2.24, 2.45) is 5.73 Å². The highest BCUT2D eigenvalue weighted by Gasteiger charge is 2.18. The van der Waals surface area contributed by atoms with Crippen molar-refractivity contribution in [1.82, 2.24) is 0 Å². The van der Waals surface area contributed by atoms with Gasteiger partial charge in [-0.05, 0) is 30.2 Å². The second-order valence-electron chi connectivity index (χ2n) is 4.94. The van der Waals surface area contributed by atoms with Gasteiger partial charge >= 0.3 is 0 Å². The third kappa shape index (κ3) is 4.63. The third-order valence-corrected chi connectivity index (χ3v) is 3.37. The van der Waals surface area contributed by atoms with E-state index in [1.807, 2.05) is 37.3 Å². The van der Waals surface area contributed by atoms with Crippen LogP contribution >= 0.6 is 12.4 Å². The van der Waals surface area contributed by atoms with Crippen LogP contribution < -0.4 is 10.5 Å². The summed E-state index contributed by atoms with van der Waals surface area (Å²) in [5.74, 6) is 0.461. The Morgan fingerprint density at radius 2 is 1.82 bits per heavy atom. The Morgan fingerprint density at radius 3 is 2.45 bits per heavy atom. The Bertz CT molecular complexity index is 577. The van der Waals surface area contributed by atoms with E-state index in [4.69, 9.17) is 10.5 Å². The number of aromatic hydroxyl groups is 1. The van der Waals surface area contributed by atoms with Crippen molar-refractivity contribution in [3.8, 4) is 11.5 Å². The molecule has 2 aromatic carbocycles. The maximum Gasteiger partial charge on any atom is 0.161 e. The topological polar surface area (TPSA) is 75.7 Å². The van der Waals surface area contributed by atoms with Gasteiger partial charge in [0.15, 0.2) is 11.5 Å². The first-order valence-corrected chi connectivity index (χ1v) is 7.05. The SMILES string of the molecule is CCOc1cc([C@H](N)[C@H](O)Cc2ccccc2)ccc1O.Cl. The minimum atomic E-state index is -0.702. The molecule has 0 bridgehead atoms. The van der Waals surface area contributed by atoms with Gasteiger partial charge in [-0.1, -0.05) is 36.4 Å². The molecule has 0 unspecified atom stereocenters. The van der Waals surface area contributed by atoms with Gasteiger partial charge in [0.1, 0.15) is 0 Å². The van der Waals surface area contributed by atoms with Crippen LogP contribution in [-0.4, -0.2) is 22.9 Å². The van der Waals surface area contributed by atoms with Crippen molar-refractivity contribution in [3.63, 3.8) is 0 Å². The lowest BCUT2D eigenvalue weighted by Crippen LogP contribution is -2.28. The lowest BCUT2D eigenvalue weighted by Gasteiger charge is -2.20. The summed E-state index contributed by atoms with van der Waals surface area (Å²) in [4.78, 5) is 0. The molecule has 0 spiro atoms. The summed E-state index contributed by atoms with van der Waals surface area (Å²) < 4.78 is 5.34. The van der Waals surface area contributed by atoms with Crippen LogP contribution in [0.4, 0.5) is 0 Å². The Hall–Kier alpha value is -1.75. The molecule has 0 aliphatic rings. The minimum Gasteiger partial charge on any atom is -0.504 e. The van der Waals surface area contributed by atoms with Crippen LogP contribution in [0.15, 0.2) is 48.5 Å². The van der Waals surface area contributed by atoms with Gasteiger partial charge < -0.3 is 20.7 Å². The van der Waals surface area contributed by atoms with Gasteiger partial charge in [-0.2, -0.15) is 0 Å². The molecule has 0 amide bonds. The van der Waals surface area contributed by atoms with Crippen molar-refractivity contribution in [3.05, 3.63) is 59.7 Å². The standard InChI is InChI=1S/C17H21NO3.ClH/c1-2-21-16-11-13(8-9-14(16)19)17(18)15(20)10-12-6-4-3-5-7-12;/h3-9,11,15,17,19-20H,2,10,18H2,1H3;1H/t15-,17+;/m1./s1. The summed E-state index contributed by atoms with van der Waals surface area (Å²) in [7, 11) is 0. The van der Waals surface area contributed by atoms with Crippen molar-refractivity contribution in [2.75, 3.05) is 6.61 Å². The summed E-state index contributed by atoms with van der Waals surface area (Å²) in [6.45, 7) is 2.30. The van der Waals surface area contributed by atoms with Crippen molar-refractivity contribution in [1.29, 1.82) is 0 Å². The molecule has 5 heteroatoms. The van der Waals surface area contributed by atoms with Gasteiger partial charge in [0, 0.05) is 6.42 Å². The summed E-state index contributed by atoms with van der Waals surface area (Å²) in [5.41, 5.74) is 7.88. The Kier molecular flexibility index (Phi) is 7.18. The summed E-state index contributed by atoms with van der Waals surface area (Å²) in [6.07, 6.45) is -0.223. The quantitative estimate of drug-likeness (QED) is 0.764. The van der Waals surface area contributed by atoms with E-state index < -0.39 is 12.1 Å². The highest BCUT2D eigenvalue weighted by molar-refractivity contribution is 5.85. The van der Waals surface area contributed by atoms with Crippen molar-refractivity contribution < 1.29 is 14.9 Å².